The summed E-state index contributed by atoms with van der Waals surface area (Å²) in [7, 11) is 1.10. The predicted molar refractivity (Wildman–Crippen MR) is 116 cm³/mol. The highest BCUT2D eigenvalue weighted by atomic mass is 31.2. The van der Waals surface area contributed by atoms with Gasteiger partial charge < -0.3 is 23.5 Å². The molecule has 0 radical (unpaired) electrons. The van der Waals surface area contributed by atoms with E-state index in [2.05, 4.69) is 15.4 Å². The van der Waals surface area contributed by atoms with Crippen LogP contribution in [0, 0.1) is 0 Å². The Morgan fingerprint density at radius 3 is 2.03 bits per heavy atom. The first-order valence-electron chi connectivity index (χ1n) is 9.44. The van der Waals surface area contributed by atoms with Crippen LogP contribution in [0.5, 0.6) is 28.7 Å². The molecule has 1 heterocycles. The molecule has 0 spiro atoms. The zero-order valence-electron chi connectivity index (χ0n) is 18.2. The average molecular weight is 465 g/mol. The van der Waals surface area contributed by atoms with Gasteiger partial charge in [-0.25, -0.2) is 4.57 Å². The summed E-state index contributed by atoms with van der Waals surface area (Å²) in [4.78, 5) is 18.6. The first-order valence-corrected chi connectivity index (χ1v) is 11.0. The monoisotopic (exact) mass is 465 g/mol. The van der Waals surface area contributed by atoms with Crippen LogP contribution in [-0.4, -0.2) is 53.6 Å². The van der Waals surface area contributed by atoms with Gasteiger partial charge in [0.25, 0.3) is 0 Å². The van der Waals surface area contributed by atoms with Crippen LogP contribution in [0.1, 0.15) is 12.5 Å². The van der Waals surface area contributed by atoms with Crippen molar-refractivity contribution in [3.8, 4) is 51.3 Å². The number of phosphoric acid groups is 1. The maximum atomic E-state index is 11.5. The smallest absolute Gasteiger partial charge is 0.493 e. The Labute approximate surface area is 184 Å². The fraction of sp³-hybridized carbons (Fsp3) is 0.300. The van der Waals surface area contributed by atoms with Crippen LogP contribution in [0.4, 0.5) is 0 Å². The lowest BCUT2D eigenvalue weighted by molar-refractivity contribution is 0.276. The van der Waals surface area contributed by atoms with Crippen molar-refractivity contribution in [2.45, 2.75) is 13.3 Å². The number of nitrogens with zero attached hydrogens (tertiary/aromatic N) is 2. The van der Waals surface area contributed by atoms with E-state index in [1.54, 1.807) is 18.2 Å². The van der Waals surface area contributed by atoms with E-state index in [4.69, 9.17) is 23.5 Å². The Kier molecular flexibility index (Phi) is 6.93. The fourth-order valence-electron chi connectivity index (χ4n) is 3.32. The molecule has 172 valence electrons. The average Bonchev–Trinajstić information content (AvgIpc) is 3.26. The number of rotatable bonds is 9. The van der Waals surface area contributed by atoms with Crippen molar-refractivity contribution >= 4 is 7.82 Å². The first kappa shape index (κ1) is 23.4. The normalized spacial score (nSPS) is 11.2. The van der Waals surface area contributed by atoms with Crippen molar-refractivity contribution in [3.05, 3.63) is 29.8 Å². The van der Waals surface area contributed by atoms with E-state index in [0.717, 1.165) is 5.56 Å². The van der Waals surface area contributed by atoms with Gasteiger partial charge in [0.2, 0.25) is 5.75 Å². The van der Waals surface area contributed by atoms with Gasteiger partial charge in [0.15, 0.2) is 23.0 Å². The molecule has 3 rings (SSSR count). The van der Waals surface area contributed by atoms with E-state index in [-0.39, 0.29) is 11.5 Å². The van der Waals surface area contributed by atoms with Crippen molar-refractivity contribution in [2.24, 2.45) is 0 Å². The van der Waals surface area contributed by atoms with Crippen molar-refractivity contribution in [1.29, 1.82) is 0 Å². The molecule has 12 heteroatoms. The van der Waals surface area contributed by atoms with Crippen LogP contribution >= 0.6 is 7.82 Å². The van der Waals surface area contributed by atoms with Crippen LogP contribution in [0.2, 0.25) is 0 Å². The number of H-pyrrole nitrogens is 1. The van der Waals surface area contributed by atoms with Gasteiger partial charge in [-0.05, 0) is 36.2 Å². The zero-order chi connectivity index (χ0) is 23.5. The molecule has 0 unspecified atom stereocenters. The largest absolute Gasteiger partial charge is 0.524 e. The summed E-state index contributed by atoms with van der Waals surface area (Å²) in [5.74, 6) is 1.38. The first-order chi connectivity index (χ1) is 15.3. The maximum absolute atomic E-state index is 11.5. The summed E-state index contributed by atoms with van der Waals surface area (Å²) in [6.45, 7) is 1.94. The highest BCUT2D eigenvalue weighted by Crippen LogP contribution is 2.46. The number of nitrogens with one attached hydrogen (secondary N) is 1. The summed E-state index contributed by atoms with van der Waals surface area (Å²) < 4.78 is 37.8. The van der Waals surface area contributed by atoms with E-state index in [1.807, 2.05) is 6.92 Å². The van der Waals surface area contributed by atoms with E-state index < -0.39 is 7.82 Å². The Morgan fingerprint density at radius 2 is 1.53 bits per heavy atom. The summed E-state index contributed by atoms with van der Waals surface area (Å²) in [5.41, 5.74) is 3.00. The highest BCUT2D eigenvalue weighted by molar-refractivity contribution is 7.46. The number of aromatic amines is 1. The minimum atomic E-state index is -4.82. The lowest BCUT2D eigenvalue weighted by Crippen LogP contribution is -1.99. The number of hydrogen-bond acceptors (Lipinski definition) is 8. The van der Waals surface area contributed by atoms with Crippen LogP contribution in [0.25, 0.3) is 22.5 Å². The molecule has 0 amide bonds. The number of aromatic nitrogens is 3. The standard InChI is InChI=1S/C20H24N3O8P/c1-6-11-7-14(27-2)15(31-32(24,25)26)10-13(11)19-18(21-23-22-19)12-8-16(28-3)20(30-5)17(9-12)29-4/h7-10H,6H2,1-5H3,(H,21,22,23)(H2,24,25,26). The molecule has 0 aliphatic heterocycles. The van der Waals surface area contributed by atoms with E-state index >= 15 is 0 Å². The quantitative estimate of drug-likeness (QED) is 0.403. The summed E-state index contributed by atoms with van der Waals surface area (Å²) in [6.07, 6.45) is 0.593. The minimum absolute atomic E-state index is 0.113. The molecule has 1 aromatic heterocycles. The number of phosphoric ester groups is 1. The second-order valence-electron chi connectivity index (χ2n) is 6.55. The minimum Gasteiger partial charge on any atom is -0.493 e. The third-order valence-corrected chi connectivity index (χ3v) is 5.18. The van der Waals surface area contributed by atoms with Gasteiger partial charge in [-0.3, -0.25) is 14.9 Å². The van der Waals surface area contributed by atoms with Gasteiger partial charge >= 0.3 is 7.82 Å². The Bertz CT molecular complexity index is 1130. The number of methoxy groups -OCH3 is 4. The van der Waals surface area contributed by atoms with E-state index in [0.29, 0.717) is 46.2 Å². The predicted octanol–water partition coefficient (Wildman–Crippen LogP) is 3.21. The number of ether oxygens (including phenoxy) is 4. The van der Waals surface area contributed by atoms with Gasteiger partial charge in [-0.1, -0.05) is 12.1 Å². The molecule has 0 atom stereocenters. The molecule has 0 aliphatic carbocycles. The number of hydrogen-bond donors (Lipinski definition) is 3. The Morgan fingerprint density at radius 1 is 0.906 bits per heavy atom. The number of aryl methyl sites for hydroxylation is 1. The molecule has 0 bridgehead atoms. The van der Waals surface area contributed by atoms with Crippen LogP contribution in [0.15, 0.2) is 24.3 Å². The summed E-state index contributed by atoms with van der Waals surface area (Å²) in [5, 5.41) is 11.0. The molecule has 0 fully saturated rings. The van der Waals surface area contributed by atoms with Gasteiger partial charge in [0.1, 0.15) is 5.69 Å². The van der Waals surface area contributed by atoms with Gasteiger partial charge in [-0.15, -0.1) is 5.10 Å². The molecular formula is C20H24N3O8P. The lowest BCUT2D eigenvalue weighted by Gasteiger charge is -2.16. The molecule has 2 aromatic carbocycles. The molecular weight excluding hydrogens is 441 g/mol. The molecule has 0 saturated carbocycles. The second kappa shape index (κ2) is 9.47. The van der Waals surface area contributed by atoms with Gasteiger partial charge in [-0.2, -0.15) is 0 Å². The van der Waals surface area contributed by atoms with E-state index in [1.165, 1.54) is 34.5 Å². The zero-order valence-corrected chi connectivity index (χ0v) is 19.1. The maximum Gasteiger partial charge on any atom is 0.524 e. The van der Waals surface area contributed by atoms with Crippen LogP contribution in [-0.2, 0) is 11.0 Å². The Balaban J connectivity index is 2.22. The Hall–Kier alpha value is -3.27. The van der Waals surface area contributed by atoms with Crippen molar-refractivity contribution in [2.75, 3.05) is 28.4 Å². The van der Waals surface area contributed by atoms with Gasteiger partial charge in [0, 0.05) is 11.1 Å². The molecule has 3 N–H and O–H groups in total. The van der Waals surface area contributed by atoms with Crippen LogP contribution in [0.3, 0.4) is 0 Å². The van der Waals surface area contributed by atoms with E-state index in [9.17, 15) is 14.4 Å². The third kappa shape index (κ3) is 4.64. The molecule has 0 aliphatic rings. The van der Waals surface area contributed by atoms with Gasteiger partial charge in [0.05, 0.1) is 34.1 Å². The highest BCUT2D eigenvalue weighted by Gasteiger charge is 2.24. The fourth-order valence-corrected chi connectivity index (χ4v) is 3.72. The van der Waals surface area contributed by atoms with Crippen molar-refractivity contribution in [3.63, 3.8) is 0 Å². The lowest BCUT2D eigenvalue weighted by atomic mass is 9.97. The number of benzene rings is 2. The second-order valence-corrected chi connectivity index (χ2v) is 7.71. The summed E-state index contributed by atoms with van der Waals surface area (Å²) in [6, 6.07) is 6.59. The van der Waals surface area contributed by atoms with Crippen LogP contribution < -0.4 is 23.5 Å². The van der Waals surface area contributed by atoms with Crippen molar-refractivity contribution < 1.29 is 37.8 Å². The van der Waals surface area contributed by atoms with Crippen molar-refractivity contribution in [1.82, 2.24) is 15.4 Å². The molecule has 3 aromatic rings. The summed E-state index contributed by atoms with van der Waals surface area (Å²) >= 11 is 0. The molecule has 11 nitrogen and oxygen atoms in total. The molecule has 32 heavy (non-hydrogen) atoms. The molecule has 0 saturated heterocycles. The topological polar surface area (TPSA) is 145 Å². The SMILES string of the molecule is CCc1cc(OC)c(OP(=O)(O)O)cc1-c1[nH]nnc1-c1cc(OC)c(OC)c(OC)c1. The third-order valence-electron chi connectivity index (χ3n) is 4.74.